The monoisotopic (exact) mass is 320 g/mol. The van der Waals surface area contributed by atoms with Gasteiger partial charge in [-0.15, -0.1) is 0 Å². The molecule has 1 heterocycles. The predicted molar refractivity (Wildman–Crippen MR) is 86.9 cm³/mol. The van der Waals surface area contributed by atoms with Crippen molar-refractivity contribution in [3.63, 3.8) is 0 Å². The van der Waals surface area contributed by atoms with Gasteiger partial charge in [0.25, 0.3) is 0 Å². The Balaban J connectivity index is 1.80. The molecule has 23 heavy (non-hydrogen) atoms. The molecule has 1 aliphatic heterocycles. The lowest BCUT2D eigenvalue weighted by atomic mass is 10.0. The number of carbonyl (C=O) groups excluding carboxylic acids is 1. The molecule has 0 radical (unpaired) electrons. The molecule has 1 aromatic carbocycles. The maximum Gasteiger partial charge on any atom is 0.330 e. The Hall–Kier alpha value is -2.01. The largest absolute Gasteiger partial charge is 0.493 e. The van der Waals surface area contributed by atoms with Gasteiger partial charge in [0, 0.05) is 6.08 Å². The van der Waals surface area contributed by atoms with E-state index in [2.05, 4.69) is 4.74 Å². The van der Waals surface area contributed by atoms with Crippen molar-refractivity contribution in [3.8, 4) is 11.5 Å². The molecule has 1 fully saturated rings. The van der Waals surface area contributed by atoms with E-state index in [0.29, 0.717) is 0 Å². The lowest BCUT2D eigenvalue weighted by Crippen LogP contribution is -2.07. The number of hydrogen-bond acceptors (Lipinski definition) is 5. The Morgan fingerprint density at radius 2 is 2.00 bits per heavy atom. The van der Waals surface area contributed by atoms with Gasteiger partial charge in [0.05, 0.1) is 27.4 Å². The summed E-state index contributed by atoms with van der Waals surface area (Å²) in [5, 5.41) is 0. The molecule has 5 nitrogen and oxygen atoms in total. The van der Waals surface area contributed by atoms with E-state index < -0.39 is 0 Å². The van der Waals surface area contributed by atoms with Gasteiger partial charge >= 0.3 is 5.97 Å². The third kappa shape index (κ3) is 4.48. The first-order valence-corrected chi connectivity index (χ1v) is 7.68. The van der Waals surface area contributed by atoms with Crippen LogP contribution in [0.3, 0.4) is 0 Å². The number of methoxy groups -OCH3 is 3. The van der Waals surface area contributed by atoms with Crippen LogP contribution >= 0.6 is 0 Å². The van der Waals surface area contributed by atoms with E-state index in [9.17, 15) is 4.79 Å². The summed E-state index contributed by atoms with van der Waals surface area (Å²) in [5.74, 6) is 1.13. The van der Waals surface area contributed by atoms with Crippen molar-refractivity contribution in [1.82, 2.24) is 0 Å². The highest BCUT2D eigenvalue weighted by molar-refractivity contribution is 5.82. The van der Waals surface area contributed by atoms with Crippen molar-refractivity contribution in [2.45, 2.75) is 37.9 Å². The average molecular weight is 320 g/mol. The average Bonchev–Trinajstić information content (AvgIpc) is 3.22. The Morgan fingerprint density at radius 1 is 1.26 bits per heavy atom. The molecule has 0 N–H and O–H groups in total. The molecule has 0 saturated carbocycles. The highest BCUT2D eigenvalue weighted by Gasteiger charge is 2.49. The van der Waals surface area contributed by atoms with Crippen LogP contribution < -0.4 is 9.47 Å². The minimum Gasteiger partial charge on any atom is -0.493 e. The number of rotatable bonds is 8. The summed E-state index contributed by atoms with van der Waals surface area (Å²) in [7, 11) is 4.63. The van der Waals surface area contributed by atoms with E-state index >= 15 is 0 Å². The minimum absolute atomic E-state index is 0.156. The molecule has 126 valence electrons. The molecule has 2 atom stereocenters. The summed E-state index contributed by atoms with van der Waals surface area (Å²) in [6, 6.07) is 5.97. The molecule has 0 aromatic heterocycles. The summed E-state index contributed by atoms with van der Waals surface area (Å²) < 4.78 is 20.8. The summed E-state index contributed by atoms with van der Waals surface area (Å²) in [4.78, 5) is 11.1. The fraction of sp³-hybridized carbons (Fsp3) is 0.500. The van der Waals surface area contributed by atoms with Crippen LogP contribution in [0.5, 0.6) is 11.5 Å². The first-order chi connectivity index (χ1) is 11.0. The minimum atomic E-state index is -0.356. The third-order valence-electron chi connectivity index (χ3n) is 4.11. The number of carbonyl (C=O) groups is 1. The number of ether oxygens (including phenoxy) is 4. The molecule has 2 rings (SSSR count). The Bertz CT molecular complexity index is 581. The molecular weight excluding hydrogens is 296 g/mol. The number of benzene rings is 1. The number of esters is 1. The van der Waals surface area contributed by atoms with Crippen LogP contribution in [0.25, 0.3) is 0 Å². The SMILES string of the molecule is COC(=O)/C=C/[C@]1(C)O[C@H]1CCCc1ccc(OC)c(OC)c1. The van der Waals surface area contributed by atoms with Gasteiger partial charge in [-0.05, 0) is 50.0 Å². The van der Waals surface area contributed by atoms with E-state index in [-0.39, 0.29) is 17.7 Å². The van der Waals surface area contributed by atoms with Gasteiger partial charge < -0.3 is 18.9 Å². The van der Waals surface area contributed by atoms with Crippen molar-refractivity contribution in [3.05, 3.63) is 35.9 Å². The van der Waals surface area contributed by atoms with Crippen LogP contribution in [-0.4, -0.2) is 39.0 Å². The van der Waals surface area contributed by atoms with Gasteiger partial charge in [-0.2, -0.15) is 0 Å². The Morgan fingerprint density at radius 3 is 2.65 bits per heavy atom. The molecule has 1 saturated heterocycles. The maximum absolute atomic E-state index is 11.1. The zero-order valence-corrected chi connectivity index (χ0v) is 14.1. The van der Waals surface area contributed by atoms with Crippen molar-refractivity contribution in [1.29, 1.82) is 0 Å². The number of epoxide rings is 1. The van der Waals surface area contributed by atoms with Gasteiger partial charge in [-0.25, -0.2) is 4.79 Å². The second-order valence-electron chi connectivity index (χ2n) is 5.73. The predicted octanol–water partition coefficient (Wildman–Crippen LogP) is 2.91. The summed E-state index contributed by atoms with van der Waals surface area (Å²) in [6.45, 7) is 1.98. The molecule has 1 aromatic rings. The molecule has 0 bridgehead atoms. The van der Waals surface area contributed by atoms with Gasteiger partial charge in [0.15, 0.2) is 11.5 Å². The normalized spacial score (nSPS) is 22.9. The van der Waals surface area contributed by atoms with Crippen molar-refractivity contribution >= 4 is 5.97 Å². The van der Waals surface area contributed by atoms with E-state index in [1.165, 1.54) is 18.7 Å². The third-order valence-corrected chi connectivity index (χ3v) is 4.11. The van der Waals surface area contributed by atoms with Gasteiger partial charge in [-0.3, -0.25) is 0 Å². The Kier molecular flexibility index (Phi) is 5.66. The molecule has 0 amide bonds. The molecule has 5 heteroatoms. The molecule has 0 unspecified atom stereocenters. The van der Waals surface area contributed by atoms with Crippen LogP contribution in [0.1, 0.15) is 25.3 Å². The first-order valence-electron chi connectivity index (χ1n) is 7.68. The van der Waals surface area contributed by atoms with E-state index in [4.69, 9.17) is 14.2 Å². The van der Waals surface area contributed by atoms with E-state index in [1.807, 2.05) is 25.1 Å². The second-order valence-corrected chi connectivity index (χ2v) is 5.73. The first kappa shape index (κ1) is 17.3. The quantitative estimate of drug-likeness (QED) is 0.419. The summed E-state index contributed by atoms with van der Waals surface area (Å²) >= 11 is 0. The maximum atomic E-state index is 11.1. The topological polar surface area (TPSA) is 57.3 Å². The van der Waals surface area contributed by atoms with Crippen LogP contribution in [0.4, 0.5) is 0 Å². The highest BCUT2D eigenvalue weighted by Crippen LogP contribution is 2.40. The van der Waals surface area contributed by atoms with Gasteiger partial charge in [0.2, 0.25) is 0 Å². The Labute approximate surface area is 137 Å². The van der Waals surface area contributed by atoms with Crippen LogP contribution in [0.15, 0.2) is 30.4 Å². The van der Waals surface area contributed by atoms with Crippen LogP contribution in [-0.2, 0) is 20.7 Å². The summed E-state index contributed by atoms with van der Waals surface area (Å²) in [6.07, 6.45) is 6.24. The second kappa shape index (κ2) is 7.51. The zero-order valence-electron chi connectivity index (χ0n) is 14.1. The highest BCUT2D eigenvalue weighted by atomic mass is 16.6. The lowest BCUT2D eigenvalue weighted by Gasteiger charge is -2.09. The fourth-order valence-electron chi connectivity index (χ4n) is 2.59. The summed E-state index contributed by atoms with van der Waals surface area (Å²) in [5.41, 5.74) is 0.862. The van der Waals surface area contributed by atoms with Crippen molar-refractivity contribution < 1.29 is 23.7 Å². The molecule has 1 aliphatic rings. The standard InChI is InChI=1S/C18H24O5/c1-18(11-10-17(19)22-4)16(23-18)7-5-6-13-8-9-14(20-2)15(12-13)21-3/h8-12,16H,5-7H2,1-4H3/b11-10+/t16-,18-/m0/s1. The van der Waals surface area contributed by atoms with E-state index in [0.717, 1.165) is 30.8 Å². The van der Waals surface area contributed by atoms with E-state index in [1.54, 1.807) is 20.3 Å². The van der Waals surface area contributed by atoms with Gasteiger partial charge in [-0.1, -0.05) is 6.07 Å². The fourth-order valence-corrected chi connectivity index (χ4v) is 2.59. The number of aryl methyl sites for hydroxylation is 1. The molecule has 0 aliphatic carbocycles. The van der Waals surface area contributed by atoms with Crippen LogP contribution in [0, 0.1) is 0 Å². The lowest BCUT2D eigenvalue weighted by molar-refractivity contribution is -0.134. The molecule has 0 spiro atoms. The smallest absolute Gasteiger partial charge is 0.330 e. The number of hydrogen-bond donors (Lipinski definition) is 0. The van der Waals surface area contributed by atoms with Gasteiger partial charge in [0.1, 0.15) is 5.60 Å². The zero-order chi connectivity index (χ0) is 16.9. The van der Waals surface area contributed by atoms with Crippen molar-refractivity contribution in [2.24, 2.45) is 0 Å². The molecular formula is C18H24O5. The van der Waals surface area contributed by atoms with Crippen molar-refractivity contribution in [2.75, 3.05) is 21.3 Å². The van der Waals surface area contributed by atoms with Crippen LogP contribution in [0.2, 0.25) is 0 Å².